The molecule has 0 heterocycles. The molecule has 0 bridgehead atoms. The van der Waals surface area contributed by atoms with Crippen molar-refractivity contribution in [1.29, 1.82) is 0 Å². The van der Waals surface area contributed by atoms with Crippen molar-refractivity contribution in [1.82, 2.24) is 5.32 Å². The Hall–Kier alpha value is -2.54. The summed E-state index contributed by atoms with van der Waals surface area (Å²) in [6.07, 6.45) is 0. The van der Waals surface area contributed by atoms with Crippen molar-refractivity contribution in [2.75, 3.05) is 20.8 Å². The molecule has 0 aliphatic carbocycles. The van der Waals surface area contributed by atoms with E-state index in [4.69, 9.17) is 14.2 Å². The fourth-order valence-electron chi connectivity index (χ4n) is 2.54. The molecule has 1 amide bonds. The van der Waals surface area contributed by atoms with Crippen LogP contribution in [0.25, 0.3) is 0 Å². The van der Waals surface area contributed by atoms with Crippen LogP contribution >= 0.6 is 15.9 Å². The summed E-state index contributed by atoms with van der Waals surface area (Å²) in [5.74, 6) is 0.00656. The Morgan fingerprint density at radius 1 is 1.07 bits per heavy atom. The molecule has 0 saturated carbocycles. The van der Waals surface area contributed by atoms with Crippen molar-refractivity contribution in [3.63, 3.8) is 0 Å². The van der Waals surface area contributed by atoms with Gasteiger partial charge in [-0.3, -0.25) is 4.79 Å². The Labute approximate surface area is 166 Å². The number of methoxy groups -OCH3 is 2. The second kappa shape index (κ2) is 9.41. The van der Waals surface area contributed by atoms with E-state index in [-0.39, 0.29) is 24.1 Å². The van der Waals surface area contributed by atoms with Gasteiger partial charge in [0.1, 0.15) is 11.5 Å². The molecule has 7 heteroatoms. The van der Waals surface area contributed by atoms with E-state index < -0.39 is 5.97 Å². The average Bonchev–Trinajstić information content (AvgIpc) is 2.66. The number of halogens is 1. The summed E-state index contributed by atoms with van der Waals surface area (Å²) in [5, 5.41) is 2.80. The first-order valence-electron chi connectivity index (χ1n) is 8.30. The van der Waals surface area contributed by atoms with E-state index in [1.54, 1.807) is 12.1 Å². The molecule has 2 aromatic carbocycles. The molecule has 0 radical (unpaired) electrons. The monoisotopic (exact) mass is 435 g/mol. The summed E-state index contributed by atoms with van der Waals surface area (Å²) in [4.78, 5) is 24.4. The highest BCUT2D eigenvalue weighted by Gasteiger charge is 2.17. The highest BCUT2D eigenvalue weighted by Crippen LogP contribution is 2.29. The third-order valence-corrected chi connectivity index (χ3v) is 4.60. The number of nitrogens with one attached hydrogen (secondary N) is 1. The maximum absolute atomic E-state index is 12.3. The van der Waals surface area contributed by atoms with Gasteiger partial charge in [0.25, 0.3) is 5.91 Å². The lowest BCUT2D eigenvalue weighted by Gasteiger charge is -2.15. The minimum Gasteiger partial charge on any atom is -0.496 e. The normalized spacial score (nSPS) is 11.4. The topological polar surface area (TPSA) is 73.9 Å². The molecule has 0 aliphatic heterocycles. The van der Waals surface area contributed by atoms with E-state index in [1.807, 2.05) is 38.1 Å². The maximum Gasteiger partial charge on any atom is 0.338 e. The van der Waals surface area contributed by atoms with Gasteiger partial charge in [0, 0.05) is 10.0 Å². The number of hydrogen-bond donors (Lipinski definition) is 1. The number of amides is 1. The summed E-state index contributed by atoms with van der Waals surface area (Å²) in [6.45, 7) is 3.31. The number of carbonyl (C=O) groups excluding carboxylic acids is 2. The number of carbonyl (C=O) groups is 2. The van der Waals surface area contributed by atoms with Gasteiger partial charge < -0.3 is 19.5 Å². The lowest BCUT2D eigenvalue weighted by molar-refractivity contribution is -0.124. The molecular weight excluding hydrogens is 414 g/mol. The van der Waals surface area contributed by atoms with Crippen LogP contribution in [-0.4, -0.2) is 32.7 Å². The Morgan fingerprint density at radius 3 is 2.15 bits per heavy atom. The van der Waals surface area contributed by atoms with Crippen LogP contribution in [0.5, 0.6) is 11.5 Å². The Kier molecular flexibility index (Phi) is 7.24. The fraction of sp³-hybridized carbons (Fsp3) is 0.300. The highest BCUT2D eigenvalue weighted by molar-refractivity contribution is 9.10. The summed E-state index contributed by atoms with van der Waals surface area (Å²) < 4.78 is 16.6. The Morgan fingerprint density at radius 2 is 1.63 bits per heavy atom. The average molecular weight is 436 g/mol. The van der Waals surface area contributed by atoms with E-state index >= 15 is 0 Å². The molecule has 2 aromatic rings. The maximum atomic E-state index is 12.3. The van der Waals surface area contributed by atoms with Gasteiger partial charge in [-0.25, -0.2) is 4.79 Å². The summed E-state index contributed by atoms with van der Waals surface area (Å²) in [5.41, 5.74) is 1.98. The van der Waals surface area contributed by atoms with Crippen LogP contribution < -0.4 is 14.8 Å². The first-order chi connectivity index (χ1) is 12.8. The van der Waals surface area contributed by atoms with Gasteiger partial charge in [-0.05, 0) is 43.7 Å². The van der Waals surface area contributed by atoms with Crippen LogP contribution in [0.2, 0.25) is 0 Å². The summed E-state index contributed by atoms with van der Waals surface area (Å²) in [7, 11) is 3.02. The number of benzene rings is 2. The zero-order chi connectivity index (χ0) is 20.0. The van der Waals surface area contributed by atoms with Gasteiger partial charge in [0.2, 0.25) is 0 Å². The molecule has 1 unspecified atom stereocenters. The standard InChI is InChI=1S/C20H22BrNO5/c1-12-17(25-3)9-15(10-18(12)26-4)20(24)27-11-19(23)22-13(2)14-5-7-16(21)8-6-14/h5-10,13H,11H2,1-4H3,(H,22,23). The second-order valence-corrected chi connectivity index (χ2v) is 6.84. The fourth-order valence-corrected chi connectivity index (χ4v) is 2.80. The zero-order valence-electron chi connectivity index (χ0n) is 15.7. The van der Waals surface area contributed by atoms with Gasteiger partial charge in [-0.2, -0.15) is 0 Å². The minimum atomic E-state index is -0.627. The van der Waals surface area contributed by atoms with Gasteiger partial charge in [-0.15, -0.1) is 0 Å². The quantitative estimate of drug-likeness (QED) is 0.669. The largest absolute Gasteiger partial charge is 0.496 e. The summed E-state index contributed by atoms with van der Waals surface area (Å²) in [6, 6.07) is 10.5. The lowest BCUT2D eigenvalue weighted by atomic mass is 10.1. The first kappa shape index (κ1) is 20.8. The third kappa shape index (κ3) is 5.47. The van der Waals surface area contributed by atoms with Crippen LogP contribution in [0.3, 0.4) is 0 Å². The van der Waals surface area contributed by atoms with E-state index in [0.29, 0.717) is 11.5 Å². The smallest absolute Gasteiger partial charge is 0.338 e. The SMILES string of the molecule is COc1cc(C(=O)OCC(=O)NC(C)c2ccc(Br)cc2)cc(OC)c1C. The molecule has 0 fully saturated rings. The summed E-state index contributed by atoms with van der Waals surface area (Å²) >= 11 is 3.37. The number of rotatable bonds is 7. The van der Waals surface area contributed by atoms with Crippen molar-refractivity contribution in [2.24, 2.45) is 0 Å². The lowest BCUT2D eigenvalue weighted by Crippen LogP contribution is -2.31. The van der Waals surface area contributed by atoms with Crippen LogP contribution in [0.1, 0.15) is 34.5 Å². The minimum absolute atomic E-state index is 0.205. The number of ether oxygens (including phenoxy) is 3. The van der Waals surface area contributed by atoms with Gasteiger partial charge in [-0.1, -0.05) is 28.1 Å². The number of hydrogen-bond acceptors (Lipinski definition) is 5. The Balaban J connectivity index is 1.96. The Bertz CT molecular complexity index is 795. The van der Waals surface area contributed by atoms with Crippen LogP contribution in [0.4, 0.5) is 0 Å². The molecular formula is C20H22BrNO5. The van der Waals surface area contributed by atoms with Crippen LogP contribution in [-0.2, 0) is 9.53 Å². The molecule has 1 atom stereocenters. The van der Waals surface area contributed by atoms with Crippen molar-refractivity contribution >= 4 is 27.8 Å². The van der Waals surface area contributed by atoms with Crippen LogP contribution in [0.15, 0.2) is 40.9 Å². The number of esters is 1. The van der Waals surface area contributed by atoms with E-state index in [0.717, 1.165) is 15.6 Å². The first-order valence-corrected chi connectivity index (χ1v) is 9.09. The predicted molar refractivity (Wildman–Crippen MR) is 105 cm³/mol. The molecule has 1 N–H and O–H groups in total. The van der Waals surface area contributed by atoms with E-state index in [1.165, 1.54) is 14.2 Å². The third-order valence-electron chi connectivity index (χ3n) is 4.07. The van der Waals surface area contributed by atoms with Gasteiger partial charge in [0.15, 0.2) is 6.61 Å². The van der Waals surface area contributed by atoms with Crippen molar-refractivity contribution in [3.05, 3.63) is 57.6 Å². The molecule has 0 spiro atoms. The van der Waals surface area contributed by atoms with E-state index in [9.17, 15) is 9.59 Å². The van der Waals surface area contributed by atoms with Crippen molar-refractivity contribution in [2.45, 2.75) is 19.9 Å². The molecule has 6 nitrogen and oxygen atoms in total. The second-order valence-electron chi connectivity index (χ2n) is 5.92. The molecule has 144 valence electrons. The van der Waals surface area contributed by atoms with Crippen LogP contribution in [0, 0.1) is 6.92 Å². The van der Waals surface area contributed by atoms with Gasteiger partial charge >= 0.3 is 5.97 Å². The zero-order valence-corrected chi connectivity index (χ0v) is 17.3. The molecule has 27 heavy (non-hydrogen) atoms. The molecule has 0 aromatic heterocycles. The van der Waals surface area contributed by atoms with Gasteiger partial charge in [0.05, 0.1) is 25.8 Å². The molecule has 0 aliphatic rings. The predicted octanol–water partition coefficient (Wildman–Crippen LogP) is 3.81. The molecule has 0 saturated heterocycles. The van der Waals surface area contributed by atoms with Crippen molar-refractivity contribution in [3.8, 4) is 11.5 Å². The molecule has 2 rings (SSSR count). The highest BCUT2D eigenvalue weighted by atomic mass is 79.9. The van der Waals surface area contributed by atoms with E-state index in [2.05, 4.69) is 21.2 Å². The van der Waals surface area contributed by atoms with Crippen molar-refractivity contribution < 1.29 is 23.8 Å².